The average Bonchev–Trinajstić information content (AvgIpc) is 2.62. The van der Waals surface area contributed by atoms with Gasteiger partial charge < -0.3 is 15.7 Å². The Morgan fingerprint density at radius 2 is 2.15 bits per heavy atom. The first-order chi connectivity index (χ1) is 12.6. The smallest absolute Gasteiger partial charge is 0.240 e. The van der Waals surface area contributed by atoms with Gasteiger partial charge in [0.05, 0.1) is 6.61 Å². The molecule has 1 aliphatic carbocycles. The van der Waals surface area contributed by atoms with E-state index in [1.165, 1.54) is 6.33 Å². The monoisotopic (exact) mass is 360 g/mol. The van der Waals surface area contributed by atoms with Crippen molar-refractivity contribution in [2.45, 2.75) is 50.5 Å². The summed E-state index contributed by atoms with van der Waals surface area (Å²) in [7, 11) is 0. The van der Waals surface area contributed by atoms with Crippen LogP contribution in [0.25, 0.3) is 0 Å². The molecule has 2 heterocycles. The third kappa shape index (κ3) is 4.98. The van der Waals surface area contributed by atoms with Crippen LogP contribution in [0.1, 0.15) is 50.1 Å². The largest absolute Gasteiger partial charge is 0.395 e. The maximum Gasteiger partial charge on any atom is 0.240 e. The van der Waals surface area contributed by atoms with E-state index in [1.807, 2.05) is 6.07 Å². The van der Waals surface area contributed by atoms with Gasteiger partial charge in [0, 0.05) is 48.8 Å². The molecule has 1 aromatic heterocycles. The van der Waals surface area contributed by atoms with Crippen LogP contribution in [0.5, 0.6) is 0 Å². The standard InChI is InChI=1S/C17H24N6O3/c24-6-5-18-15-9-14(19-10-20-15)11-7-13(8-11)21-16(25)3-1-12-2-4-17(26)23-22-12/h9-11,13,24H,1-8H2,(H,21,25)(H,23,26)(H,18,19,20). The van der Waals surface area contributed by atoms with Gasteiger partial charge >= 0.3 is 0 Å². The third-order valence-electron chi connectivity index (χ3n) is 4.65. The van der Waals surface area contributed by atoms with Crippen LogP contribution in [0.2, 0.25) is 0 Å². The lowest BCUT2D eigenvalue weighted by atomic mass is 9.78. The average molecular weight is 360 g/mol. The molecular formula is C17H24N6O3. The van der Waals surface area contributed by atoms with E-state index >= 15 is 0 Å². The lowest BCUT2D eigenvalue weighted by Crippen LogP contribution is -2.43. The summed E-state index contributed by atoms with van der Waals surface area (Å²) in [4.78, 5) is 31.5. The molecule has 1 aliphatic heterocycles. The van der Waals surface area contributed by atoms with Gasteiger partial charge in [-0.15, -0.1) is 0 Å². The Morgan fingerprint density at radius 3 is 2.88 bits per heavy atom. The van der Waals surface area contributed by atoms with Gasteiger partial charge in [0.15, 0.2) is 0 Å². The number of rotatable bonds is 8. The van der Waals surface area contributed by atoms with Gasteiger partial charge in [-0.05, 0) is 25.7 Å². The van der Waals surface area contributed by atoms with E-state index in [4.69, 9.17) is 5.11 Å². The predicted octanol–water partition coefficient (Wildman–Crippen LogP) is 0.289. The molecule has 26 heavy (non-hydrogen) atoms. The highest BCUT2D eigenvalue weighted by atomic mass is 16.3. The summed E-state index contributed by atoms with van der Waals surface area (Å²) in [5.41, 5.74) is 4.27. The van der Waals surface area contributed by atoms with Crippen LogP contribution in [-0.4, -0.2) is 51.8 Å². The van der Waals surface area contributed by atoms with Gasteiger partial charge in [0.25, 0.3) is 0 Å². The number of carbonyl (C=O) groups excluding carboxylic acids is 2. The summed E-state index contributed by atoms with van der Waals surface area (Å²) in [6.07, 6.45) is 5.28. The van der Waals surface area contributed by atoms with Crippen molar-refractivity contribution in [3.8, 4) is 0 Å². The highest BCUT2D eigenvalue weighted by molar-refractivity contribution is 5.94. The first-order valence-corrected chi connectivity index (χ1v) is 8.94. The fourth-order valence-corrected chi connectivity index (χ4v) is 3.10. The van der Waals surface area contributed by atoms with Crippen LogP contribution in [0.4, 0.5) is 5.82 Å². The van der Waals surface area contributed by atoms with Crippen molar-refractivity contribution in [3.05, 3.63) is 18.1 Å². The quantitative estimate of drug-likeness (QED) is 0.527. The molecule has 0 saturated heterocycles. The molecule has 4 N–H and O–H groups in total. The molecule has 2 aliphatic rings. The van der Waals surface area contributed by atoms with Crippen LogP contribution in [0.15, 0.2) is 17.5 Å². The van der Waals surface area contributed by atoms with Crippen molar-refractivity contribution in [3.63, 3.8) is 0 Å². The number of hydrazone groups is 1. The minimum Gasteiger partial charge on any atom is -0.395 e. The van der Waals surface area contributed by atoms with E-state index in [2.05, 4.69) is 31.1 Å². The van der Waals surface area contributed by atoms with Crippen molar-refractivity contribution in [2.75, 3.05) is 18.5 Å². The molecule has 9 heteroatoms. The van der Waals surface area contributed by atoms with Crippen molar-refractivity contribution in [1.82, 2.24) is 20.7 Å². The molecule has 0 radical (unpaired) electrons. The number of hydrogen-bond donors (Lipinski definition) is 4. The number of nitrogens with one attached hydrogen (secondary N) is 3. The molecule has 0 unspecified atom stereocenters. The normalized spacial score (nSPS) is 22.0. The first-order valence-electron chi connectivity index (χ1n) is 8.94. The lowest BCUT2D eigenvalue weighted by molar-refractivity contribution is -0.122. The zero-order valence-electron chi connectivity index (χ0n) is 14.6. The van der Waals surface area contributed by atoms with Gasteiger partial charge in [-0.1, -0.05) is 0 Å². The molecule has 0 spiro atoms. The first kappa shape index (κ1) is 18.2. The number of amides is 2. The molecule has 1 aromatic rings. The van der Waals surface area contributed by atoms with Crippen LogP contribution in [0.3, 0.4) is 0 Å². The molecule has 9 nitrogen and oxygen atoms in total. The Hall–Kier alpha value is -2.55. The van der Waals surface area contributed by atoms with Crippen LogP contribution in [-0.2, 0) is 9.59 Å². The van der Waals surface area contributed by atoms with Gasteiger partial charge in [-0.3, -0.25) is 9.59 Å². The van der Waals surface area contributed by atoms with E-state index < -0.39 is 0 Å². The summed E-state index contributed by atoms with van der Waals surface area (Å²) in [5, 5.41) is 18.9. The number of aromatic nitrogens is 2. The number of anilines is 1. The maximum absolute atomic E-state index is 12.1. The van der Waals surface area contributed by atoms with Crippen molar-refractivity contribution in [1.29, 1.82) is 0 Å². The van der Waals surface area contributed by atoms with E-state index in [-0.39, 0.29) is 24.5 Å². The number of nitrogens with zero attached hydrogens (tertiary/aromatic N) is 3. The third-order valence-corrected chi connectivity index (χ3v) is 4.65. The summed E-state index contributed by atoms with van der Waals surface area (Å²) in [6, 6.07) is 2.07. The Labute approximate surface area is 151 Å². The Morgan fingerprint density at radius 1 is 1.31 bits per heavy atom. The second-order valence-corrected chi connectivity index (χ2v) is 6.62. The number of hydrogen-bond acceptors (Lipinski definition) is 7. The van der Waals surface area contributed by atoms with Crippen molar-refractivity contribution >= 4 is 23.3 Å². The molecule has 140 valence electrons. The van der Waals surface area contributed by atoms with Gasteiger partial charge in [0.2, 0.25) is 11.8 Å². The van der Waals surface area contributed by atoms with E-state index in [0.29, 0.717) is 44.0 Å². The summed E-state index contributed by atoms with van der Waals surface area (Å²) < 4.78 is 0. The highest BCUT2D eigenvalue weighted by Gasteiger charge is 2.32. The Kier molecular flexibility index (Phi) is 6.11. The SMILES string of the molecule is O=C1CCC(CCC(=O)NC2CC(c3cc(NCCO)ncn3)C2)=NN1. The minimum atomic E-state index is -0.0712. The summed E-state index contributed by atoms with van der Waals surface area (Å²) in [5.74, 6) is 0.965. The topological polar surface area (TPSA) is 129 Å². The number of carbonyl (C=O) groups is 2. The zero-order valence-corrected chi connectivity index (χ0v) is 14.6. The van der Waals surface area contributed by atoms with Crippen LogP contribution in [0, 0.1) is 0 Å². The zero-order chi connectivity index (χ0) is 18.4. The number of aliphatic hydroxyl groups excluding tert-OH is 1. The molecule has 0 atom stereocenters. The molecule has 0 bridgehead atoms. The minimum absolute atomic E-state index is 0.0149. The lowest BCUT2D eigenvalue weighted by Gasteiger charge is -2.35. The van der Waals surface area contributed by atoms with Crippen molar-refractivity contribution in [2.24, 2.45) is 5.10 Å². The van der Waals surface area contributed by atoms with Crippen LogP contribution >= 0.6 is 0 Å². The predicted molar refractivity (Wildman–Crippen MR) is 95.6 cm³/mol. The molecule has 2 amide bonds. The van der Waals surface area contributed by atoms with Crippen molar-refractivity contribution < 1.29 is 14.7 Å². The molecular weight excluding hydrogens is 336 g/mol. The van der Waals surface area contributed by atoms with Gasteiger partial charge in [0.1, 0.15) is 12.1 Å². The molecule has 1 saturated carbocycles. The Bertz CT molecular complexity index is 687. The maximum atomic E-state index is 12.1. The van der Waals surface area contributed by atoms with E-state index in [9.17, 15) is 9.59 Å². The molecule has 0 aromatic carbocycles. The van der Waals surface area contributed by atoms with Gasteiger partial charge in [-0.2, -0.15) is 5.10 Å². The Balaban J connectivity index is 1.38. The second-order valence-electron chi connectivity index (χ2n) is 6.62. The van der Waals surface area contributed by atoms with Crippen LogP contribution < -0.4 is 16.1 Å². The molecule has 1 fully saturated rings. The highest BCUT2D eigenvalue weighted by Crippen LogP contribution is 2.36. The number of aliphatic hydroxyl groups is 1. The summed E-state index contributed by atoms with van der Waals surface area (Å²) in [6.45, 7) is 0.504. The molecule has 3 rings (SSSR count). The van der Waals surface area contributed by atoms with Gasteiger partial charge in [-0.25, -0.2) is 15.4 Å². The van der Waals surface area contributed by atoms with E-state index in [1.54, 1.807) is 0 Å². The van der Waals surface area contributed by atoms with E-state index in [0.717, 1.165) is 24.2 Å². The fourth-order valence-electron chi connectivity index (χ4n) is 3.10. The second kappa shape index (κ2) is 8.70. The fraction of sp³-hybridized carbons (Fsp3) is 0.588. The summed E-state index contributed by atoms with van der Waals surface area (Å²) >= 11 is 0.